The lowest BCUT2D eigenvalue weighted by Crippen LogP contribution is -2.42. The Labute approximate surface area is 165 Å². The van der Waals surface area contributed by atoms with Crippen molar-refractivity contribution in [1.82, 2.24) is 4.31 Å². The Kier molecular flexibility index (Phi) is 5.23. The fraction of sp³-hybridized carbons (Fsp3) is 0.381. The molecule has 28 heavy (non-hydrogen) atoms. The van der Waals surface area contributed by atoms with E-state index in [4.69, 9.17) is 0 Å². The summed E-state index contributed by atoms with van der Waals surface area (Å²) in [5, 5.41) is 9.83. The Hall–Kier alpha value is -2.22. The molecule has 4 rings (SSSR count). The molecule has 6 nitrogen and oxygen atoms in total. The smallest absolute Gasteiger partial charge is 0.258 e. The van der Waals surface area contributed by atoms with Crippen LogP contribution in [0, 0.1) is 0 Å². The SMILES string of the molecule is O=C(c1cccc(S(=O)(=O)N2CCC[C@@H](O)C2)c1)N1CCCc2ccccc21. The van der Waals surface area contributed by atoms with Gasteiger partial charge in [-0.25, -0.2) is 8.42 Å². The van der Waals surface area contributed by atoms with Crippen LogP contribution in [-0.4, -0.2) is 49.5 Å². The van der Waals surface area contributed by atoms with Crippen molar-refractivity contribution in [3.8, 4) is 0 Å². The van der Waals surface area contributed by atoms with Gasteiger partial charge in [-0.15, -0.1) is 0 Å². The second-order valence-corrected chi connectivity index (χ2v) is 9.31. The molecular formula is C21H24N2O4S. The highest BCUT2D eigenvalue weighted by Gasteiger charge is 2.30. The predicted molar refractivity (Wildman–Crippen MR) is 107 cm³/mol. The number of aliphatic hydroxyl groups excluding tert-OH is 1. The number of sulfonamides is 1. The molecule has 0 aromatic heterocycles. The molecule has 2 heterocycles. The van der Waals surface area contributed by atoms with Crippen LogP contribution in [0.25, 0.3) is 0 Å². The highest BCUT2D eigenvalue weighted by molar-refractivity contribution is 7.89. The van der Waals surface area contributed by atoms with E-state index in [0.29, 0.717) is 31.5 Å². The maximum atomic E-state index is 13.1. The molecule has 1 amide bonds. The summed E-state index contributed by atoms with van der Waals surface area (Å²) in [6.07, 6.45) is 2.42. The van der Waals surface area contributed by atoms with Gasteiger partial charge in [-0.1, -0.05) is 24.3 Å². The fourth-order valence-electron chi connectivity index (χ4n) is 3.98. The zero-order valence-electron chi connectivity index (χ0n) is 15.6. The third kappa shape index (κ3) is 3.57. The predicted octanol–water partition coefficient (Wildman–Crippen LogP) is 2.43. The molecule has 0 saturated carbocycles. The number of piperidine rings is 1. The van der Waals surface area contributed by atoms with Crippen LogP contribution in [0.15, 0.2) is 53.4 Å². The molecule has 0 unspecified atom stereocenters. The van der Waals surface area contributed by atoms with Crippen LogP contribution < -0.4 is 4.90 Å². The highest BCUT2D eigenvalue weighted by Crippen LogP contribution is 2.29. The molecule has 0 aliphatic carbocycles. The summed E-state index contributed by atoms with van der Waals surface area (Å²) < 4.78 is 27.3. The number of hydrogen-bond donors (Lipinski definition) is 1. The molecule has 0 bridgehead atoms. The van der Waals surface area contributed by atoms with Crippen molar-refractivity contribution in [1.29, 1.82) is 0 Å². The third-order valence-electron chi connectivity index (χ3n) is 5.43. The minimum Gasteiger partial charge on any atom is -0.392 e. The normalized spacial score (nSPS) is 20.6. The summed E-state index contributed by atoms with van der Waals surface area (Å²) in [7, 11) is -3.74. The molecule has 1 saturated heterocycles. The Morgan fingerprint density at radius 1 is 1.04 bits per heavy atom. The molecule has 1 atom stereocenters. The largest absolute Gasteiger partial charge is 0.392 e. The van der Waals surface area contributed by atoms with E-state index in [1.54, 1.807) is 17.0 Å². The van der Waals surface area contributed by atoms with E-state index in [2.05, 4.69) is 0 Å². The van der Waals surface area contributed by atoms with E-state index in [-0.39, 0.29) is 17.3 Å². The van der Waals surface area contributed by atoms with E-state index in [9.17, 15) is 18.3 Å². The molecule has 2 aromatic rings. The standard InChI is InChI=1S/C21H24N2O4S/c24-18-9-5-12-22(15-18)28(26,27)19-10-3-7-17(14-19)21(25)23-13-4-8-16-6-1-2-11-20(16)23/h1-3,6-7,10-11,14,18,24H,4-5,8-9,12-13,15H2/t18-/m1/s1. The number of hydrogen-bond acceptors (Lipinski definition) is 4. The first-order chi connectivity index (χ1) is 13.5. The van der Waals surface area contributed by atoms with Gasteiger partial charge in [0.25, 0.3) is 5.91 Å². The molecule has 0 radical (unpaired) electrons. The number of carbonyl (C=O) groups is 1. The Bertz CT molecular complexity index is 989. The van der Waals surface area contributed by atoms with Crippen LogP contribution in [0.1, 0.15) is 35.2 Å². The average Bonchev–Trinajstić information content (AvgIpc) is 2.73. The molecule has 7 heteroatoms. The number of aryl methyl sites for hydroxylation is 1. The van der Waals surface area contributed by atoms with E-state index < -0.39 is 16.1 Å². The van der Waals surface area contributed by atoms with Gasteiger partial charge in [-0.2, -0.15) is 4.31 Å². The van der Waals surface area contributed by atoms with Crippen LogP contribution in [0.3, 0.4) is 0 Å². The maximum Gasteiger partial charge on any atom is 0.258 e. The second-order valence-electron chi connectivity index (χ2n) is 7.38. The van der Waals surface area contributed by atoms with Crippen LogP contribution in [-0.2, 0) is 16.4 Å². The molecule has 2 aromatic carbocycles. The molecule has 0 spiro atoms. The van der Waals surface area contributed by atoms with Gasteiger partial charge in [0.05, 0.1) is 11.0 Å². The number of para-hydroxylation sites is 1. The maximum absolute atomic E-state index is 13.1. The van der Waals surface area contributed by atoms with Crippen molar-refractivity contribution in [3.05, 3.63) is 59.7 Å². The van der Waals surface area contributed by atoms with Gasteiger partial charge in [0.2, 0.25) is 10.0 Å². The number of carbonyl (C=O) groups excluding carboxylic acids is 1. The zero-order chi connectivity index (χ0) is 19.7. The van der Waals surface area contributed by atoms with Gasteiger partial charge in [0, 0.05) is 30.9 Å². The fourth-order valence-corrected chi connectivity index (χ4v) is 5.54. The highest BCUT2D eigenvalue weighted by atomic mass is 32.2. The van der Waals surface area contributed by atoms with Crippen molar-refractivity contribution >= 4 is 21.6 Å². The monoisotopic (exact) mass is 400 g/mol. The minimum atomic E-state index is -3.74. The molecule has 1 fully saturated rings. The van der Waals surface area contributed by atoms with Crippen molar-refractivity contribution in [3.63, 3.8) is 0 Å². The molecular weight excluding hydrogens is 376 g/mol. The van der Waals surface area contributed by atoms with Gasteiger partial charge >= 0.3 is 0 Å². The molecule has 2 aliphatic rings. The molecule has 1 N–H and O–H groups in total. The average molecular weight is 401 g/mol. The topological polar surface area (TPSA) is 77.9 Å². The summed E-state index contributed by atoms with van der Waals surface area (Å²) in [5.41, 5.74) is 2.38. The van der Waals surface area contributed by atoms with Crippen LogP contribution in [0.5, 0.6) is 0 Å². The quantitative estimate of drug-likeness (QED) is 0.858. The summed E-state index contributed by atoms with van der Waals surface area (Å²) >= 11 is 0. The van der Waals surface area contributed by atoms with E-state index in [1.807, 2.05) is 24.3 Å². The van der Waals surface area contributed by atoms with Gasteiger partial charge < -0.3 is 10.0 Å². The van der Waals surface area contributed by atoms with Crippen LogP contribution in [0.2, 0.25) is 0 Å². The van der Waals surface area contributed by atoms with Crippen molar-refractivity contribution < 1.29 is 18.3 Å². The second kappa shape index (κ2) is 7.66. The van der Waals surface area contributed by atoms with E-state index >= 15 is 0 Å². The zero-order valence-corrected chi connectivity index (χ0v) is 16.4. The number of β-amino-alcohol motifs (C(OH)–C–C–N with tert-alkyl or cyclic N) is 1. The van der Waals surface area contributed by atoms with E-state index in [0.717, 1.165) is 24.1 Å². The van der Waals surface area contributed by atoms with Crippen LogP contribution >= 0.6 is 0 Å². The summed E-state index contributed by atoms with van der Waals surface area (Å²) in [6.45, 7) is 1.10. The summed E-state index contributed by atoms with van der Waals surface area (Å²) in [4.78, 5) is 15.0. The summed E-state index contributed by atoms with van der Waals surface area (Å²) in [6, 6.07) is 14.1. The first-order valence-electron chi connectivity index (χ1n) is 9.65. The van der Waals surface area contributed by atoms with Gasteiger partial charge in [0.1, 0.15) is 0 Å². The van der Waals surface area contributed by atoms with Crippen molar-refractivity contribution in [2.45, 2.75) is 36.7 Å². The number of amides is 1. The lowest BCUT2D eigenvalue weighted by atomic mass is 10.0. The van der Waals surface area contributed by atoms with Gasteiger partial charge in [-0.05, 0) is 55.5 Å². The number of nitrogens with zero attached hydrogens (tertiary/aromatic N) is 2. The lowest BCUT2D eigenvalue weighted by Gasteiger charge is -2.30. The number of benzene rings is 2. The van der Waals surface area contributed by atoms with Crippen molar-refractivity contribution in [2.75, 3.05) is 24.5 Å². The Morgan fingerprint density at radius 3 is 2.68 bits per heavy atom. The van der Waals surface area contributed by atoms with E-state index in [1.165, 1.54) is 16.4 Å². The first-order valence-corrected chi connectivity index (χ1v) is 11.1. The van der Waals surface area contributed by atoms with Gasteiger partial charge in [-0.3, -0.25) is 4.79 Å². The lowest BCUT2D eigenvalue weighted by molar-refractivity contribution is 0.0984. The van der Waals surface area contributed by atoms with Crippen molar-refractivity contribution in [2.24, 2.45) is 0 Å². The summed E-state index contributed by atoms with van der Waals surface area (Å²) in [5.74, 6) is -0.192. The molecule has 148 valence electrons. The van der Waals surface area contributed by atoms with Crippen LogP contribution in [0.4, 0.5) is 5.69 Å². The first kappa shape index (κ1) is 19.1. The Balaban J connectivity index is 1.63. The van der Waals surface area contributed by atoms with Gasteiger partial charge in [0.15, 0.2) is 0 Å². The number of aliphatic hydroxyl groups is 1. The number of anilines is 1. The Morgan fingerprint density at radius 2 is 1.86 bits per heavy atom. The molecule has 2 aliphatic heterocycles. The third-order valence-corrected chi connectivity index (χ3v) is 7.29. The number of fused-ring (bicyclic) bond motifs is 1. The number of rotatable bonds is 3. The minimum absolute atomic E-state index is 0.0951.